The van der Waals surface area contributed by atoms with E-state index in [1.165, 1.54) is 29.7 Å². The number of rotatable bonds is 4. The predicted molar refractivity (Wildman–Crippen MR) is 96.1 cm³/mol. The molecule has 3 heterocycles. The molecule has 3 aliphatic heterocycles. The van der Waals surface area contributed by atoms with E-state index in [4.69, 9.17) is 0 Å². The number of carbonyl (C=O) groups excluding carboxylic acids is 1. The first-order valence-electron chi connectivity index (χ1n) is 9.10. The minimum absolute atomic E-state index is 0.302. The molecule has 4 nitrogen and oxygen atoms in total. The topological polar surface area (TPSA) is 35.9 Å². The second-order valence-corrected chi connectivity index (χ2v) is 7.07. The average Bonchev–Trinajstić information content (AvgIpc) is 3.29. The highest BCUT2D eigenvalue weighted by Crippen LogP contribution is 2.30. The number of hydrogen-bond acceptors (Lipinski definition) is 3. The van der Waals surface area contributed by atoms with Gasteiger partial charge in [-0.3, -0.25) is 9.79 Å². The van der Waals surface area contributed by atoms with Crippen molar-refractivity contribution >= 4 is 12.1 Å². The van der Waals surface area contributed by atoms with Crippen molar-refractivity contribution in [2.75, 3.05) is 26.2 Å². The van der Waals surface area contributed by atoms with Crippen LogP contribution in [0.3, 0.4) is 0 Å². The Kier molecular flexibility index (Phi) is 4.37. The van der Waals surface area contributed by atoms with Crippen molar-refractivity contribution in [1.29, 1.82) is 0 Å². The van der Waals surface area contributed by atoms with Crippen molar-refractivity contribution in [3.63, 3.8) is 0 Å². The lowest BCUT2D eigenvalue weighted by molar-refractivity contribution is -0.128. The molecule has 0 aliphatic carbocycles. The Balaban J connectivity index is 1.33. The molecule has 0 radical (unpaired) electrons. The van der Waals surface area contributed by atoms with Gasteiger partial charge in [-0.15, -0.1) is 0 Å². The minimum atomic E-state index is 0.302. The second kappa shape index (κ2) is 6.80. The van der Waals surface area contributed by atoms with Gasteiger partial charge in [-0.25, -0.2) is 0 Å². The van der Waals surface area contributed by atoms with E-state index in [2.05, 4.69) is 40.2 Å². The number of likely N-dealkylation sites (tertiary alicyclic amines) is 2. The second-order valence-electron chi connectivity index (χ2n) is 7.07. The van der Waals surface area contributed by atoms with Gasteiger partial charge < -0.3 is 9.80 Å². The average molecular weight is 323 g/mol. The van der Waals surface area contributed by atoms with E-state index in [1.807, 2.05) is 11.1 Å². The zero-order valence-corrected chi connectivity index (χ0v) is 14.2. The standard InChI is InChI=1S/C20H25N3O/c24-20-2-1-11-23(20)15-16-3-5-17(6-4-16)18-8-12-22(13-9-18)19-7-10-21-14-19/h3-7,10,18H,1-2,8-9,11-15H2. The van der Waals surface area contributed by atoms with Crippen molar-refractivity contribution < 1.29 is 4.79 Å². The third-order valence-corrected chi connectivity index (χ3v) is 5.52. The Bertz CT molecular complexity index is 654. The van der Waals surface area contributed by atoms with E-state index in [0.29, 0.717) is 11.8 Å². The van der Waals surface area contributed by atoms with Crippen molar-refractivity contribution in [2.24, 2.45) is 4.99 Å². The third-order valence-electron chi connectivity index (χ3n) is 5.52. The lowest BCUT2D eigenvalue weighted by atomic mass is 9.89. The maximum atomic E-state index is 11.7. The van der Waals surface area contributed by atoms with E-state index in [-0.39, 0.29) is 0 Å². The smallest absolute Gasteiger partial charge is 0.222 e. The molecule has 4 rings (SSSR count). The van der Waals surface area contributed by atoms with Crippen LogP contribution in [0.25, 0.3) is 0 Å². The Hall–Kier alpha value is -2.10. The number of carbonyl (C=O) groups is 1. The molecule has 0 atom stereocenters. The SMILES string of the molecule is O=C1CCCN1Cc1ccc(C2CCN(C3=CC=NC3)CC2)cc1. The number of allylic oxidation sites excluding steroid dienone is 1. The molecule has 2 fully saturated rings. The van der Waals surface area contributed by atoms with E-state index >= 15 is 0 Å². The largest absolute Gasteiger partial charge is 0.373 e. The molecular weight excluding hydrogens is 298 g/mol. The van der Waals surface area contributed by atoms with Crippen LogP contribution in [0.5, 0.6) is 0 Å². The van der Waals surface area contributed by atoms with Crippen LogP contribution in [-0.2, 0) is 11.3 Å². The minimum Gasteiger partial charge on any atom is -0.373 e. The molecule has 1 aromatic carbocycles. The first-order valence-corrected chi connectivity index (χ1v) is 9.10. The number of hydrogen-bond donors (Lipinski definition) is 0. The Morgan fingerprint density at radius 2 is 1.88 bits per heavy atom. The summed E-state index contributed by atoms with van der Waals surface area (Å²) in [5.74, 6) is 0.961. The van der Waals surface area contributed by atoms with Crippen LogP contribution >= 0.6 is 0 Å². The summed E-state index contributed by atoms with van der Waals surface area (Å²) in [5, 5.41) is 0. The molecule has 0 spiro atoms. The molecule has 126 valence electrons. The summed E-state index contributed by atoms with van der Waals surface area (Å²) in [4.78, 5) is 20.5. The molecule has 4 heteroatoms. The van der Waals surface area contributed by atoms with Crippen molar-refractivity contribution in [1.82, 2.24) is 9.80 Å². The van der Waals surface area contributed by atoms with Crippen LogP contribution in [0.2, 0.25) is 0 Å². The van der Waals surface area contributed by atoms with Crippen LogP contribution in [0.1, 0.15) is 42.7 Å². The molecule has 1 aromatic rings. The van der Waals surface area contributed by atoms with Crippen molar-refractivity contribution in [2.45, 2.75) is 38.1 Å². The predicted octanol–water partition coefficient (Wildman–Crippen LogP) is 2.96. The van der Waals surface area contributed by atoms with Crippen molar-refractivity contribution in [3.8, 4) is 0 Å². The van der Waals surface area contributed by atoms with Crippen LogP contribution < -0.4 is 0 Å². The van der Waals surface area contributed by atoms with Crippen molar-refractivity contribution in [3.05, 3.63) is 47.2 Å². The summed E-state index contributed by atoms with van der Waals surface area (Å²) < 4.78 is 0. The van der Waals surface area contributed by atoms with E-state index < -0.39 is 0 Å². The highest BCUT2D eigenvalue weighted by molar-refractivity contribution is 5.78. The van der Waals surface area contributed by atoms with Crippen LogP contribution in [0, 0.1) is 0 Å². The molecule has 1 amide bonds. The summed E-state index contributed by atoms with van der Waals surface area (Å²) in [6, 6.07) is 8.96. The Morgan fingerprint density at radius 3 is 2.50 bits per heavy atom. The molecule has 0 aromatic heterocycles. The highest BCUT2D eigenvalue weighted by Gasteiger charge is 2.23. The summed E-state index contributed by atoms with van der Waals surface area (Å²) in [5.41, 5.74) is 4.07. The number of aliphatic imine (C=N–C) groups is 1. The van der Waals surface area contributed by atoms with Gasteiger partial charge in [0.1, 0.15) is 0 Å². The van der Waals surface area contributed by atoms with Crippen LogP contribution in [0.15, 0.2) is 41.0 Å². The van der Waals surface area contributed by atoms with E-state index in [9.17, 15) is 4.79 Å². The number of amides is 1. The number of piperidine rings is 1. The molecule has 0 unspecified atom stereocenters. The molecule has 3 aliphatic rings. The fourth-order valence-corrected chi connectivity index (χ4v) is 4.03. The summed E-state index contributed by atoms with van der Waals surface area (Å²) in [7, 11) is 0. The Labute approximate surface area is 143 Å². The molecular formula is C20H25N3O. The van der Waals surface area contributed by atoms with E-state index in [1.54, 1.807) is 0 Å². The highest BCUT2D eigenvalue weighted by atomic mass is 16.2. The van der Waals surface area contributed by atoms with Gasteiger partial charge in [0, 0.05) is 44.5 Å². The first-order chi connectivity index (χ1) is 11.8. The molecule has 0 bridgehead atoms. The lowest BCUT2D eigenvalue weighted by Gasteiger charge is -2.34. The summed E-state index contributed by atoms with van der Waals surface area (Å²) >= 11 is 0. The fraction of sp³-hybridized carbons (Fsp3) is 0.500. The molecule has 24 heavy (non-hydrogen) atoms. The lowest BCUT2D eigenvalue weighted by Crippen LogP contribution is -2.32. The van der Waals surface area contributed by atoms with Gasteiger partial charge in [0.15, 0.2) is 0 Å². The van der Waals surface area contributed by atoms with Gasteiger partial charge in [0.05, 0.1) is 6.54 Å². The van der Waals surface area contributed by atoms with Gasteiger partial charge in [-0.1, -0.05) is 24.3 Å². The van der Waals surface area contributed by atoms with Gasteiger partial charge in [-0.2, -0.15) is 0 Å². The quantitative estimate of drug-likeness (QED) is 0.854. The summed E-state index contributed by atoms with van der Waals surface area (Å²) in [6.07, 6.45) is 8.22. The number of nitrogens with zero attached hydrogens (tertiary/aromatic N) is 3. The molecule has 2 saturated heterocycles. The van der Waals surface area contributed by atoms with Crippen LogP contribution in [0.4, 0.5) is 0 Å². The van der Waals surface area contributed by atoms with Gasteiger partial charge >= 0.3 is 0 Å². The zero-order valence-electron chi connectivity index (χ0n) is 14.2. The number of benzene rings is 1. The van der Waals surface area contributed by atoms with E-state index in [0.717, 1.165) is 45.6 Å². The molecule has 0 saturated carbocycles. The summed E-state index contributed by atoms with van der Waals surface area (Å²) in [6.45, 7) is 4.80. The monoisotopic (exact) mass is 323 g/mol. The fourth-order valence-electron chi connectivity index (χ4n) is 4.03. The van der Waals surface area contributed by atoms with Gasteiger partial charge in [0.2, 0.25) is 5.91 Å². The normalized spacial score (nSPS) is 21.7. The molecule has 0 N–H and O–H groups in total. The van der Waals surface area contributed by atoms with Gasteiger partial charge in [0.25, 0.3) is 0 Å². The maximum Gasteiger partial charge on any atom is 0.222 e. The van der Waals surface area contributed by atoms with Crippen LogP contribution in [-0.4, -0.2) is 48.1 Å². The zero-order chi connectivity index (χ0) is 16.4. The third kappa shape index (κ3) is 3.23. The first kappa shape index (κ1) is 15.4. The maximum absolute atomic E-state index is 11.7. The van der Waals surface area contributed by atoms with Gasteiger partial charge in [-0.05, 0) is 42.4 Å². The Morgan fingerprint density at radius 1 is 1.08 bits per heavy atom.